The number of phosphoric ester groups is 1. The second kappa shape index (κ2) is 27.2. The first kappa shape index (κ1) is 61.1. The molecular weight excluding hydrogens is 1130 g/mol. The summed E-state index contributed by atoms with van der Waals surface area (Å²) in [5.74, 6) is 4.55. The number of aryl methyl sites for hydroxylation is 2. The van der Waals surface area contributed by atoms with Gasteiger partial charge < -0.3 is 54.5 Å². The number of carboxylic acid groups (broad SMARTS) is 1. The summed E-state index contributed by atoms with van der Waals surface area (Å²) in [6.07, 6.45) is -2.97. The van der Waals surface area contributed by atoms with Gasteiger partial charge in [-0.25, -0.2) is 23.3 Å². The Balaban J connectivity index is 1.01. The Morgan fingerprint density at radius 3 is 2.44 bits per heavy atom. The number of carboxylic acids is 1. The highest BCUT2D eigenvalue weighted by Gasteiger charge is 2.44. The number of nitrogens with zero attached hydrogens (tertiary/aromatic N) is 5. The summed E-state index contributed by atoms with van der Waals surface area (Å²) in [6.45, 7) is 7.47. The van der Waals surface area contributed by atoms with Gasteiger partial charge in [-0.15, -0.1) is 0 Å². The van der Waals surface area contributed by atoms with Crippen LogP contribution in [0.3, 0.4) is 0 Å². The number of aromatic nitrogens is 2. The van der Waals surface area contributed by atoms with E-state index in [1.807, 2.05) is 52.0 Å². The lowest BCUT2D eigenvalue weighted by molar-refractivity contribution is -0.120. The molecule has 0 radical (unpaired) electrons. The highest BCUT2D eigenvalue weighted by atomic mass is 33.1. The molecule has 1 aromatic heterocycles. The fourth-order valence-electron chi connectivity index (χ4n) is 7.82. The number of carbonyl (C=O) groups excluding carboxylic acids is 2. The number of anilines is 1. The van der Waals surface area contributed by atoms with Crippen LogP contribution in [0.5, 0.6) is 0 Å². The Bertz CT molecular complexity index is 3520. The standard InChI is InChI=1S/C45H52N9O19P3S2/c1-5-47-33-19-35-31(16-25(33)3)41(32-17-26(4)34(48-6-2)20-36(32)70-35)30-18-27(9-10-29(30)44(58)59)42(56)50-13-15-78-77-14-11-39(55)49-12-7-8-28-22-54(45(60)52-43(28)57)40-21-37(68-24-51-53-46)38(71-40)23-69-75(64,65)73-76(66,67)72-74(61,62)63/h9-10,16-20,22,37-38,40,47H,5-6,11-15,21,23-24H2,1-4H3,(H,49,55)(H,50,56)(H,58,59)(H,64,65)(H,66,67)(H,52,57,60)(H2,61,62,63)/b48-34-/t37-,38+,40?/m0/s1. The van der Waals surface area contributed by atoms with Crippen molar-refractivity contribution in [3.05, 3.63) is 113 Å². The Hall–Kier alpha value is -6.08. The Morgan fingerprint density at radius 1 is 0.974 bits per heavy atom. The van der Waals surface area contributed by atoms with Gasteiger partial charge in [-0.3, -0.25) is 33.5 Å². The van der Waals surface area contributed by atoms with Gasteiger partial charge in [0, 0.05) is 95.0 Å². The number of H-pyrrole nitrogens is 1. The number of amides is 2. The van der Waals surface area contributed by atoms with Gasteiger partial charge in [0.05, 0.1) is 30.2 Å². The van der Waals surface area contributed by atoms with E-state index < -0.39 is 78.4 Å². The molecule has 33 heteroatoms. The first-order valence-corrected chi connectivity index (χ1v) is 30.3. The van der Waals surface area contributed by atoms with Gasteiger partial charge in [0.25, 0.3) is 11.5 Å². The average Bonchev–Trinajstić information content (AvgIpc) is 3.88. The number of benzene rings is 3. The number of hydrogen-bond donors (Lipinski definition) is 9. The molecule has 3 unspecified atom stereocenters. The van der Waals surface area contributed by atoms with Crippen LogP contribution in [-0.2, 0) is 41.1 Å². The largest absolute Gasteiger partial charge is 0.490 e. The highest BCUT2D eigenvalue weighted by molar-refractivity contribution is 8.76. The van der Waals surface area contributed by atoms with Crippen molar-refractivity contribution < 1.29 is 79.8 Å². The van der Waals surface area contributed by atoms with Gasteiger partial charge in [-0.2, -0.15) is 8.62 Å². The van der Waals surface area contributed by atoms with Gasteiger partial charge in [-0.1, -0.05) is 38.5 Å². The molecule has 3 heterocycles. The van der Waals surface area contributed by atoms with Crippen LogP contribution in [0.1, 0.15) is 70.3 Å². The third-order valence-corrected chi connectivity index (χ3v) is 17.3. The number of carbonyl (C=O) groups is 3. The van der Waals surface area contributed by atoms with E-state index in [4.69, 9.17) is 29.2 Å². The SMILES string of the molecule is CC/N=c1/cc2oc3cc(NCC)c(C)cc3c(-c3cc(C(=O)NCCSSCCC(=O)NCC#Cc4cn(C5C[C@H](OCN=[N+]=[N-])[C@@H](COP(=O)(O)OP(=O)(O)OP(=O)(O)O)O5)c(=O)[nH]c4=O)ccc3C(=O)O)c-2cc1C. The van der Waals surface area contributed by atoms with Gasteiger partial charge in [-0.05, 0) is 80.2 Å². The smallest absolute Gasteiger partial charge is 0.478 e. The van der Waals surface area contributed by atoms with Crippen LogP contribution < -0.4 is 32.6 Å². The van der Waals surface area contributed by atoms with Crippen LogP contribution in [0.4, 0.5) is 5.69 Å². The summed E-state index contributed by atoms with van der Waals surface area (Å²) in [5, 5.41) is 23.9. The zero-order valence-corrected chi connectivity index (χ0v) is 46.1. The molecule has 2 aliphatic heterocycles. The number of phosphoric acid groups is 3. The number of azide groups is 1. The normalized spacial score (nSPS) is 17.1. The molecule has 1 fully saturated rings. The molecule has 78 heavy (non-hydrogen) atoms. The van der Waals surface area contributed by atoms with E-state index in [1.165, 1.54) is 33.7 Å². The van der Waals surface area contributed by atoms with Crippen molar-refractivity contribution >= 4 is 79.5 Å². The number of fused-ring (bicyclic) bond motifs is 2. The summed E-state index contributed by atoms with van der Waals surface area (Å²) in [5.41, 5.74) is 11.5. The summed E-state index contributed by atoms with van der Waals surface area (Å²) < 4.78 is 65.5. The fraction of sp³-hybridized carbons (Fsp3) is 0.378. The maximum Gasteiger partial charge on any atom is 0.490 e. The van der Waals surface area contributed by atoms with Crippen molar-refractivity contribution in [2.45, 2.75) is 59.0 Å². The van der Waals surface area contributed by atoms with Crippen LogP contribution in [-0.4, -0.2) is 115 Å². The molecule has 2 amide bonds. The number of ether oxygens (including phenoxy) is 2. The van der Waals surface area contributed by atoms with Crippen molar-refractivity contribution in [2.75, 3.05) is 56.3 Å². The Morgan fingerprint density at radius 2 is 1.73 bits per heavy atom. The van der Waals surface area contributed by atoms with E-state index in [2.05, 4.69) is 60.9 Å². The third-order valence-electron chi connectivity index (χ3n) is 11.1. The Labute approximate surface area is 450 Å². The van der Waals surface area contributed by atoms with Crippen molar-refractivity contribution in [1.29, 1.82) is 0 Å². The first-order valence-electron chi connectivity index (χ1n) is 23.3. The van der Waals surface area contributed by atoms with E-state index in [1.54, 1.807) is 6.07 Å². The van der Waals surface area contributed by atoms with E-state index in [-0.39, 0.29) is 48.5 Å². The number of hydrogen-bond acceptors (Lipinski definition) is 19. The molecule has 28 nitrogen and oxygen atoms in total. The molecule has 1 saturated heterocycles. The predicted molar refractivity (Wildman–Crippen MR) is 285 cm³/mol. The monoisotopic (exact) mass is 1180 g/mol. The molecule has 2 aromatic carbocycles. The molecule has 6 rings (SSSR count). The molecule has 3 aliphatic rings. The van der Waals surface area contributed by atoms with Crippen molar-refractivity contribution in [3.8, 4) is 34.3 Å². The summed E-state index contributed by atoms with van der Waals surface area (Å²) >= 11 is 0. The van der Waals surface area contributed by atoms with E-state index in [0.717, 1.165) is 32.9 Å². The molecular formula is C45H52N9O19P3S2. The van der Waals surface area contributed by atoms with Crippen LogP contribution >= 0.6 is 45.1 Å². The maximum atomic E-state index is 13.6. The minimum atomic E-state index is -5.84. The van der Waals surface area contributed by atoms with Gasteiger partial charge in [0.2, 0.25) is 5.91 Å². The first-order chi connectivity index (χ1) is 36.9. The maximum absolute atomic E-state index is 13.6. The van der Waals surface area contributed by atoms with Crippen molar-refractivity contribution in [3.63, 3.8) is 0 Å². The second-order valence-corrected chi connectivity index (χ2v) is 23.7. The van der Waals surface area contributed by atoms with Crippen molar-refractivity contribution in [2.24, 2.45) is 10.1 Å². The Kier molecular flexibility index (Phi) is 21.3. The zero-order chi connectivity index (χ0) is 57.0. The lowest BCUT2D eigenvalue weighted by Gasteiger charge is -2.20. The van der Waals surface area contributed by atoms with E-state index >= 15 is 0 Å². The number of aromatic carboxylic acids is 1. The molecule has 0 bridgehead atoms. The number of aromatic amines is 1. The van der Waals surface area contributed by atoms with Gasteiger partial charge >= 0.3 is 35.1 Å². The summed E-state index contributed by atoms with van der Waals surface area (Å²) in [7, 11) is -14.3. The zero-order valence-electron chi connectivity index (χ0n) is 41.8. The quantitative estimate of drug-likeness (QED) is 0.00496. The lowest BCUT2D eigenvalue weighted by Crippen LogP contribution is -2.34. The fourth-order valence-corrected chi connectivity index (χ4v) is 12.7. The van der Waals surface area contributed by atoms with Gasteiger partial charge in [0.15, 0.2) is 0 Å². The number of nitrogens with one attached hydrogen (secondary N) is 4. The topological polar surface area (TPSA) is 415 Å². The van der Waals surface area contributed by atoms with Crippen LogP contribution in [0.15, 0.2) is 72.8 Å². The molecule has 0 spiro atoms. The van der Waals surface area contributed by atoms with Crippen molar-refractivity contribution in [1.82, 2.24) is 20.2 Å². The molecule has 418 valence electrons. The van der Waals surface area contributed by atoms with E-state index in [0.29, 0.717) is 58.0 Å². The molecule has 0 saturated carbocycles. The minimum Gasteiger partial charge on any atom is -0.478 e. The number of rotatable bonds is 25. The minimum absolute atomic E-state index is 0.000525. The third kappa shape index (κ3) is 16.7. The average molecular weight is 1180 g/mol. The predicted octanol–water partition coefficient (Wildman–Crippen LogP) is 5.68. The van der Waals surface area contributed by atoms with Crippen LogP contribution in [0, 0.1) is 25.7 Å². The molecule has 9 N–H and O–H groups in total. The van der Waals surface area contributed by atoms with Crippen LogP contribution in [0.25, 0.3) is 43.9 Å². The summed E-state index contributed by atoms with van der Waals surface area (Å²) in [6, 6.07) is 12.1. The second-order valence-electron chi connectivity index (χ2n) is 16.6. The molecule has 1 aliphatic carbocycles. The molecule has 5 atom stereocenters. The van der Waals surface area contributed by atoms with E-state index in [9.17, 15) is 52.6 Å². The highest BCUT2D eigenvalue weighted by Crippen LogP contribution is 2.66. The lowest BCUT2D eigenvalue weighted by atomic mass is 9.88. The van der Waals surface area contributed by atoms with Crippen LogP contribution in [0.2, 0.25) is 0 Å². The van der Waals surface area contributed by atoms with Gasteiger partial charge in [0.1, 0.15) is 36.0 Å². The summed E-state index contributed by atoms with van der Waals surface area (Å²) in [4.78, 5) is 110. The molecule has 3 aromatic rings.